The highest BCUT2D eigenvalue weighted by atomic mass is 19.4. The number of alkyl halides is 5. The van der Waals surface area contributed by atoms with E-state index in [0.29, 0.717) is 11.1 Å². The molecule has 2 rings (SSSR count). The number of ether oxygens (including phenoxy) is 2. The average molecular weight is 318 g/mol. The second kappa shape index (κ2) is 6.21. The van der Waals surface area contributed by atoms with Gasteiger partial charge < -0.3 is 9.47 Å². The van der Waals surface area contributed by atoms with Gasteiger partial charge in [0.25, 0.3) is 6.43 Å². The zero-order chi connectivity index (χ0) is 16.3. The molecule has 0 radical (unpaired) electrons. The molecule has 2 nitrogen and oxygen atoms in total. The van der Waals surface area contributed by atoms with Gasteiger partial charge in [0.05, 0.1) is 12.7 Å². The molecule has 0 aromatic heterocycles. The van der Waals surface area contributed by atoms with Gasteiger partial charge in [0.2, 0.25) is 0 Å². The zero-order valence-corrected chi connectivity index (χ0v) is 11.3. The molecular formula is C15H11F5O2. The largest absolute Gasteiger partial charge is 0.573 e. The van der Waals surface area contributed by atoms with Gasteiger partial charge in [-0.05, 0) is 35.4 Å². The van der Waals surface area contributed by atoms with E-state index >= 15 is 0 Å². The van der Waals surface area contributed by atoms with Crippen LogP contribution in [0.3, 0.4) is 0 Å². The molecule has 0 aliphatic heterocycles. The maximum atomic E-state index is 12.9. The van der Waals surface area contributed by atoms with Gasteiger partial charge in [-0.3, -0.25) is 0 Å². The lowest BCUT2D eigenvalue weighted by atomic mass is 10.0. The normalized spacial score (nSPS) is 11.6. The van der Waals surface area contributed by atoms with Crippen LogP contribution in [-0.2, 0) is 0 Å². The third-order valence-electron chi connectivity index (χ3n) is 2.89. The van der Waals surface area contributed by atoms with E-state index in [2.05, 4.69) is 4.74 Å². The first-order chi connectivity index (χ1) is 10.3. The fourth-order valence-electron chi connectivity index (χ4n) is 1.93. The van der Waals surface area contributed by atoms with Gasteiger partial charge in [0.1, 0.15) is 11.5 Å². The van der Waals surface area contributed by atoms with Crippen molar-refractivity contribution in [2.24, 2.45) is 0 Å². The molecule has 2 aromatic rings. The van der Waals surface area contributed by atoms with E-state index < -0.39 is 12.8 Å². The maximum Gasteiger partial charge on any atom is 0.573 e. The summed E-state index contributed by atoms with van der Waals surface area (Å²) in [5.41, 5.74) is 0.643. The van der Waals surface area contributed by atoms with E-state index in [1.165, 1.54) is 31.4 Å². The van der Waals surface area contributed by atoms with Crippen LogP contribution in [0.5, 0.6) is 11.5 Å². The number of rotatable bonds is 4. The highest BCUT2D eigenvalue weighted by Crippen LogP contribution is 2.34. The summed E-state index contributed by atoms with van der Waals surface area (Å²) < 4.78 is 70.7. The van der Waals surface area contributed by atoms with Gasteiger partial charge in [0.15, 0.2) is 0 Å². The third kappa shape index (κ3) is 3.87. The van der Waals surface area contributed by atoms with Gasteiger partial charge in [0, 0.05) is 0 Å². The number of methoxy groups -OCH3 is 1. The van der Waals surface area contributed by atoms with Crippen molar-refractivity contribution in [3.63, 3.8) is 0 Å². The predicted octanol–water partition coefficient (Wildman–Crippen LogP) is 5.20. The lowest BCUT2D eigenvalue weighted by Crippen LogP contribution is -2.16. The van der Waals surface area contributed by atoms with Crippen molar-refractivity contribution in [2.75, 3.05) is 7.11 Å². The van der Waals surface area contributed by atoms with E-state index in [-0.39, 0.29) is 17.1 Å². The Hall–Kier alpha value is -2.31. The van der Waals surface area contributed by atoms with Gasteiger partial charge in [-0.2, -0.15) is 0 Å². The number of hydrogen-bond donors (Lipinski definition) is 0. The fourth-order valence-corrected chi connectivity index (χ4v) is 1.93. The van der Waals surface area contributed by atoms with E-state index in [1.54, 1.807) is 6.07 Å². The Bertz CT molecular complexity index is 635. The van der Waals surface area contributed by atoms with Crippen molar-refractivity contribution in [1.82, 2.24) is 0 Å². The second-order valence-corrected chi connectivity index (χ2v) is 4.33. The number of halogens is 5. The van der Waals surface area contributed by atoms with Crippen molar-refractivity contribution in [3.8, 4) is 22.6 Å². The lowest BCUT2D eigenvalue weighted by Gasteiger charge is -2.11. The molecule has 0 saturated heterocycles. The van der Waals surface area contributed by atoms with Gasteiger partial charge in [-0.1, -0.05) is 18.2 Å². The molecule has 0 N–H and O–H groups in total. The summed E-state index contributed by atoms with van der Waals surface area (Å²) >= 11 is 0. The van der Waals surface area contributed by atoms with Gasteiger partial charge >= 0.3 is 6.36 Å². The predicted molar refractivity (Wildman–Crippen MR) is 70.1 cm³/mol. The smallest absolute Gasteiger partial charge is 0.496 e. The zero-order valence-electron chi connectivity index (χ0n) is 11.3. The standard InChI is InChI=1S/C15H11F5O2/c1-21-13-7-4-10(8-12(13)14(16)17)9-2-5-11(6-3-9)22-15(18,19)20/h2-8,14H,1H3. The summed E-state index contributed by atoms with van der Waals surface area (Å²) in [4.78, 5) is 0. The molecule has 118 valence electrons. The molecule has 0 spiro atoms. The summed E-state index contributed by atoms with van der Waals surface area (Å²) in [6, 6.07) is 9.13. The topological polar surface area (TPSA) is 18.5 Å². The van der Waals surface area contributed by atoms with E-state index in [1.807, 2.05) is 0 Å². The van der Waals surface area contributed by atoms with Crippen molar-refractivity contribution in [1.29, 1.82) is 0 Å². The van der Waals surface area contributed by atoms with Crippen LogP contribution in [0.15, 0.2) is 42.5 Å². The monoisotopic (exact) mass is 318 g/mol. The molecule has 2 aromatic carbocycles. The molecule has 0 fully saturated rings. The first-order valence-corrected chi connectivity index (χ1v) is 6.12. The molecule has 22 heavy (non-hydrogen) atoms. The molecule has 0 amide bonds. The highest BCUT2D eigenvalue weighted by molar-refractivity contribution is 5.66. The highest BCUT2D eigenvalue weighted by Gasteiger charge is 2.30. The molecule has 7 heteroatoms. The van der Waals surface area contributed by atoms with Crippen LogP contribution in [-0.4, -0.2) is 13.5 Å². The van der Waals surface area contributed by atoms with Crippen LogP contribution in [0.4, 0.5) is 22.0 Å². The fraction of sp³-hybridized carbons (Fsp3) is 0.200. The molecule has 0 aliphatic rings. The van der Waals surface area contributed by atoms with Gasteiger partial charge in [-0.15, -0.1) is 13.2 Å². The summed E-state index contributed by atoms with van der Waals surface area (Å²) in [7, 11) is 1.28. The molecule has 0 atom stereocenters. The molecule has 0 heterocycles. The summed E-state index contributed by atoms with van der Waals surface area (Å²) in [5, 5.41) is 0. The maximum absolute atomic E-state index is 12.9. The Labute approximate surface area is 123 Å². The molecule has 0 bridgehead atoms. The van der Waals surface area contributed by atoms with Crippen molar-refractivity contribution in [2.45, 2.75) is 12.8 Å². The van der Waals surface area contributed by atoms with Crippen molar-refractivity contribution in [3.05, 3.63) is 48.0 Å². The lowest BCUT2D eigenvalue weighted by molar-refractivity contribution is -0.274. The quantitative estimate of drug-likeness (QED) is 0.722. The second-order valence-electron chi connectivity index (χ2n) is 4.33. The molecule has 0 saturated carbocycles. The van der Waals surface area contributed by atoms with Crippen LogP contribution in [0.1, 0.15) is 12.0 Å². The minimum atomic E-state index is -4.77. The molecule has 0 aliphatic carbocycles. The Kier molecular flexibility index (Phi) is 4.54. The summed E-state index contributed by atoms with van der Waals surface area (Å²) in [5.74, 6) is -0.324. The minimum absolute atomic E-state index is 0.0516. The molecule has 0 unspecified atom stereocenters. The van der Waals surface area contributed by atoms with Crippen LogP contribution in [0, 0.1) is 0 Å². The Balaban J connectivity index is 2.30. The van der Waals surface area contributed by atoms with E-state index in [0.717, 1.165) is 12.1 Å². The number of benzene rings is 2. The summed E-state index contributed by atoms with van der Waals surface area (Å²) in [6.45, 7) is 0. The van der Waals surface area contributed by atoms with Crippen LogP contribution in [0.25, 0.3) is 11.1 Å². The Morgan fingerprint density at radius 3 is 2.00 bits per heavy atom. The summed E-state index contributed by atoms with van der Waals surface area (Å²) in [6.07, 6.45) is -7.49. The van der Waals surface area contributed by atoms with Crippen molar-refractivity contribution >= 4 is 0 Å². The Morgan fingerprint density at radius 1 is 0.909 bits per heavy atom. The van der Waals surface area contributed by atoms with Gasteiger partial charge in [-0.25, -0.2) is 8.78 Å². The SMILES string of the molecule is COc1ccc(-c2ccc(OC(F)(F)F)cc2)cc1C(F)F. The third-order valence-corrected chi connectivity index (χ3v) is 2.89. The first kappa shape index (κ1) is 16.1. The van der Waals surface area contributed by atoms with E-state index in [4.69, 9.17) is 4.74 Å². The van der Waals surface area contributed by atoms with Crippen LogP contribution in [0.2, 0.25) is 0 Å². The Morgan fingerprint density at radius 2 is 1.50 bits per heavy atom. The minimum Gasteiger partial charge on any atom is -0.496 e. The molecular weight excluding hydrogens is 307 g/mol. The average Bonchev–Trinajstić information content (AvgIpc) is 2.45. The van der Waals surface area contributed by atoms with Crippen molar-refractivity contribution < 1.29 is 31.4 Å². The first-order valence-electron chi connectivity index (χ1n) is 6.12. The van der Waals surface area contributed by atoms with E-state index in [9.17, 15) is 22.0 Å². The number of hydrogen-bond acceptors (Lipinski definition) is 2. The van der Waals surface area contributed by atoms with Crippen LogP contribution >= 0.6 is 0 Å². The van der Waals surface area contributed by atoms with Crippen LogP contribution < -0.4 is 9.47 Å².